The molecule has 1 aromatic carbocycles. The Morgan fingerprint density at radius 1 is 1.57 bits per heavy atom. The molecule has 14 heavy (non-hydrogen) atoms. The summed E-state index contributed by atoms with van der Waals surface area (Å²) in [6.07, 6.45) is 0. The number of benzene rings is 1. The monoisotopic (exact) mass is 274 g/mol. The summed E-state index contributed by atoms with van der Waals surface area (Å²) in [5.74, 6) is 0.341. The quantitative estimate of drug-likeness (QED) is 0.798. The largest absolute Gasteiger partial charge is 0.493 e. The second-order valence-corrected chi connectivity index (χ2v) is 4.48. The molecule has 0 bridgehead atoms. The molecule has 4 heteroatoms. The molecule has 1 aromatic heterocycles. The van der Waals surface area contributed by atoms with E-state index in [1.165, 1.54) is 17.4 Å². The highest BCUT2D eigenvalue weighted by Gasteiger charge is 2.11. The highest BCUT2D eigenvalue weighted by atomic mass is 79.9. The van der Waals surface area contributed by atoms with Crippen molar-refractivity contribution in [3.63, 3.8) is 0 Å². The smallest absolute Gasteiger partial charge is 0.142 e. The molecule has 0 amide bonds. The highest BCUT2D eigenvalue weighted by Crippen LogP contribution is 2.37. The van der Waals surface area contributed by atoms with Crippen molar-refractivity contribution < 1.29 is 9.13 Å². The van der Waals surface area contributed by atoms with Gasteiger partial charge in [0.25, 0.3) is 0 Å². The highest BCUT2D eigenvalue weighted by molar-refractivity contribution is 9.10. The third-order valence-electron chi connectivity index (χ3n) is 1.90. The Hall–Kier alpha value is -0.610. The van der Waals surface area contributed by atoms with Crippen molar-refractivity contribution in [3.8, 4) is 5.75 Å². The molecule has 0 saturated heterocycles. The molecule has 0 unspecified atom stereocenters. The molecule has 0 saturated carbocycles. The van der Waals surface area contributed by atoms with Gasteiger partial charge in [-0.1, -0.05) is 0 Å². The van der Waals surface area contributed by atoms with Crippen molar-refractivity contribution in [2.45, 2.75) is 6.92 Å². The first kappa shape index (κ1) is 9.93. The second kappa shape index (κ2) is 3.87. The van der Waals surface area contributed by atoms with Gasteiger partial charge in [-0.15, -0.1) is 11.3 Å². The van der Waals surface area contributed by atoms with E-state index in [9.17, 15) is 4.39 Å². The standard InChI is InChI=1S/C10H8BrFOS/c1-2-13-8-5-7(12)9(11)10-6(8)3-4-14-10/h3-5H,2H2,1H3. The van der Waals surface area contributed by atoms with E-state index in [4.69, 9.17) is 4.74 Å². The van der Waals surface area contributed by atoms with Crippen molar-refractivity contribution in [3.05, 3.63) is 27.8 Å². The van der Waals surface area contributed by atoms with E-state index in [-0.39, 0.29) is 5.82 Å². The van der Waals surface area contributed by atoms with Crippen LogP contribution in [0.25, 0.3) is 10.1 Å². The molecule has 0 aliphatic carbocycles. The average Bonchev–Trinajstić information content (AvgIpc) is 2.63. The zero-order chi connectivity index (χ0) is 10.1. The minimum absolute atomic E-state index is 0.275. The van der Waals surface area contributed by atoms with Gasteiger partial charge in [0, 0.05) is 11.5 Å². The molecule has 2 aromatic rings. The molecule has 0 aliphatic rings. The van der Waals surface area contributed by atoms with Gasteiger partial charge < -0.3 is 4.74 Å². The number of rotatable bonds is 2. The molecule has 1 nitrogen and oxygen atoms in total. The summed E-state index contributed by atoms with van der Waals surface area (Å²) in [6, 6.07) is 3.36. The predicted molar refractivity (Wildman–Crippen MR) is 60.7 cm³/mol. The first-order valence-electron chi connectivity index (χ1n) is 4.22. The fourth-order valence-electron chi connectivity index (χ4n) is 1.31. The van der Waals surface area contributed by atoms with Crippen molar-refractivity contribution in [2.24, 2.45) is 0 Å². The van der Waals surface area contributed by atoms with Crippen LogP contribution in [0.5, 0.6) is 5.75 Å². The summed E-state index contributed by atoms with van der Waals surface area (Å²) in [4.78, 5) is 0. The van der Waals surface area contributed by atoms with Crippen LogP contribution < -0.4 is 4.74 Å². The number of hydrogen-bond donors (Lipinski definition) is 0. The maximum absolute atomic E-state index is 13.4. The summed E-state index contributed by atoms with van der Waals surface area (Å²) in [6.45, 7) is 2.43. The summed E-state index contributed by atoms with van der Waals surface area (Å²) in [5, 5.41) is 2.89. The Morgan fingerprint density at radius 3 is 3.07 bits per heavy atom. The Kier molecular flexibility index (Phi) is 2.74. The third kappa shape index (κ3) is 1.53. The van der Waals surface area contributed by atoms with Crippen molar-refractivity contribution in [2.75, 3.05) is 6.61 Å². The van der Waals surface area contributed by atoms with Crippen LogP contribution in [0.15, 0.2) is 22.0 Å². The van der Waals surface area contributed by atoms with E-state index in [0.29, 0.717) is 16.8 Å². The Balaban J connectivity index is 2.71. The number of hydrogen-bond acceptors (Lipinski definition) is 2. The molecule has 0 spiro atoms. The number of halogens is 2. The van der Waals surface area contributed by atoms with E-state index < -0.39 is 0 Å². The normalized spacial score (nSPS) is 10.8. The molecule has 0 radical (unpaired) electrons. The fourth-order valence-corrected chi connectivity index (χ4v) is 2.76. The molecule has 74 valence electrons. The van der Waals surface area contributed by atoms with Gasteiger partial charge in [-0.3, -0.25) is 0 Å². The lowest BCUT2D eigenvalue weighted by Crippen LogP contribution is -1.92. The summed E-state index contributed by atoms with van der Waals surface area (Å²) < 4.78 is 20.2. The molecule has 1 heterocycles. The summed E-state index contributed by atoms with van der Waals surface area (Å²) in [7, 11) is 0. The van der Waals surface area contributed by atoms with Gasteiger partial charge in [0.2, 0.25) is 0 Å². The van der Waals surface area contributed by atoms with Gasteiger partial charge in [-0.05, 0) is 34.3 Å². The Bertz CT molecular complexity index is 466. The molecule has 2 rings (SSSR count). The van der Waals surface area contributed by atoms with E-state index >= 15 is 0 Å². The number of ether oxygens (including phenoxy) is 1. The van der Waals surface area contributed by atoms with E-state index in [1.54, 1.807) is 0 Å². The van der Waals surface area contributed by atoms with Gasteiger partial charge in [0.05, 0.1) is 15.8 Å². The van der Waals surface area contributed by atoms with Gasteiger partial charge in [-0.2, -0.15) is 0 Å². The van der Waals surface area contributed by atoms with Gasteiger partial charge >= 0.3 is 0 Å². The minimum atomic E-state index is -0.275. The van der Waals surface area contributed by atoms with Gasteiger partial charge in [-0.25, -0.2) is 4.39 Å². The first-order valence-corrected chi connectivity index (χ1v) is 5.89. The van der Waals surface area contributed by atoms with Crippen LogP contribution in [0.2, 0.25) is 0 Å². The lowest BCUT2D eigenvalue weighted by molar-refractivity contribution is 0.342. The van der Waals surface area contributed by atoms with Gasteiger partial charge in [0.1, 0.15) is 11.6 Å². The molecule has 0 N–H and O–H groups in total. The summed E-state index contributed by atoms with van der Waals surface area (Å²) in [5.41, 5.74) is 0. The lowest BCUT2D eigenvalue weighted by atomic mass is 10.2. The maximum atomic E-state index is 13.4. The van der Waals surface area contributed by atoms with E-state index in [1.807, 2.05) is 18.4 Å². The topological polar surface area (TPSA) is 9.23 Å². The fraction of sp³-hybridized carbons (Fsp3) is 0.200. The van der Waals surface area contributed by atoms with Crippen molar-refractivity contribution >= 4 is 37.4 Å². The van der Waals surface area contributed by atoms with Crippen LogP contribution in [-0.2, 0) is 0 Å². The zero-order valence-corrected chi connectivity index (χ0v) is 9.91. The molecular formula is C10H8BrFOS. The van der Waals surface area contributed by atoms with E-state index in [0.717, 1.165) is 10.1 Å². The van der Waals surface area contributed by atoms with E-state index in [2.05, 4.69) is 15.9 Å². The second-order valence-electron chi connectivity index (χ2n) is 2.77. The third-order valence-corrected chi connectivity index (χ3v) is 3.87. The number of fused-ring (bicyclic) bond motifs is 1. The van der Waals surface area contributed by atoms with Crippen molar-refractivity contribution in [1.29, 1.82) is 0 Å². The lowest BCUT2D eigenvalue weighted by Gasteiger charge is -2.06. The SMILES string of the molecule is CCOc1cc(F)c(Br)c2sccc12. The number of thiophene rings is 1. The minimum Gasteiger partial charge on any atom is -0.493 e. The summed E-state index contributed by atoms with van der Waals surface area (Å²) >= 11 is 4.73. The maximum Gasteiger partial charge on any atom is 0.142 e. The van der Waals surface area contributed by atoms with Crippen LogP contribution in [0.1, 0.15) is 6.92 Å². The molecule has 0 aliphatic heterocycles. The van der Waals surface area contributed by atoms with Gasteiger partial charge in [0.15, 0.2) is 0 Å². The first-order chi connectivity index (χ1) is 6.74. The molecule has 0 atom stereocenters. The van der Waals surface area contributed by atoms with Crippen LogP contribution in [0.4, 0.5) is 4.39 Å². The predicted octanol–water partition coefficient (Wildman–Crippen LogP) is 4.20. The molecule has 0 fully saturated rings. The molecular weight excluding hydrogens is 267 g/mol. The van der Waals surface area contributed by atoms with Crippen LogP contribution in [0, 0.1) is 5.82 Å². The van der Waals surface area contributed by atoms with Crippen LogP contribution >= 0.6 is 27.3 Å². The Morgan fingerprint density at radius 2 is 2.36 bits per heavy atom. The van der Waals surface area contributed by atoms with Crippen molar-refractivity contribution in [1.82, 2.24) is 0 Å². The Labute approximate surface area is 93.6 Å². The van der Waals surface area contributed by atoms with Crippen LogP contribution in [-0.4, -0.2) is 6.61 Å². The zero-order valence-electron chi connectivity index (χ0n) is 7.51. The average molecular weight is 275 g/mol. The van der Waals surface area contributed by atoms with Crippen LogP contribution in [0.3, 0.4) is 0 Å².